The lowest BCUT2D eigenvalue weighted by Crippen LogP contribution is -2.22. The molecule has 4 rings (SSSR count). The van der Waals surface area contributed by atoms with Crippen LogP contribution in [-0.4, -0.2) is 19.9 Å². The number of hydrogen-bond acceptors (Lipinski definition) is 4. The second-order valence-electron chi connectivity index (χ2n) is 6.87. The van der Waals surface area contributed by atoms with Crippen molar-refractivity contribution in [2.24, 2.45) is 4.40 Å². The van der Waals surface area contributed by atoms with Crippen LogP contribution in [0.25, 0.3) is 0 Å². The van der Waals surface area contributed by atoms with Gasteiger partial charge in [-0.15, -0.1) is 0 Å². The molecule has 3 aromatic carbocycles. The predicted molar refractivity (Wildman–Crippen MR) is 118 cm³/mol. The number of para-hydroxylation sites is 1. The lowest BCUT2D eigenvalue weighted by molar-refractivity contribution is 0.103. The van der Waals surface area contributed by atoms with E-state index in [1.54, 1.807) is 48.5 Å². The molecule has 0 bridgehead atoms. The molecule has 0 fully saturated rings. The van der Waals surface area contributed by atoms with Gasteiger partial charge in [-0.1, -0.05) is 61.5 Å². The highest BCUT2D eigenvalue weighted by Gasteiger charge is 2.26. The van der Waals surface area contributed by atoms with Crippen LogP contribution in [0.2, 0.25) is 0 Å². The molecule has 0 saturated heterocycles. The quantitative estimate of drug-likeness (QED) is 0.659. The second-order valence-corrected chi connectivity index (χ2v) is 8.48. The Bertz CT molecular complexity index is 1260. The topological polar surface area (TPSA) is 75.6 Å². The van der Waals surface area contributed by atoms with E-state index in [2.05, 4.69) is 9.71 Å². The Kier molecular flexibility index (Phi) is 5.33. The Morgan fingerprint density at radius 2 is 1.47 bits per heavy atom. The summed E-state index contributed by atoms with van der Waals surface area (Å²) in [6.07, 6.45) is 2.32. The molecule has 0 heterocycles. The SMILES string of the molecule is CCc1ccc(S(=O)(=O)/N=C2\C=C(Nc3ccccc3)C(=O)c3ccccc32)cc1. The second kappa shape index (κ2) is 8.08. The molecule has 0 aromatic heterocycles. The number of ketones is 1. The number of carbonyl (C=O) groups excluding carboxylic acids is 1. The first-order chi connectivity index (χ1) is 14.5. The third-order valence-electron chi connectivity index (χ3n) is 4.87. The molecule has 0 spiro atoms. The molecule has 0 saturated carbocycles. The molecule has 1 N–H and O–H groups in total. The number of nitrogens with zero attached hydrogens (tertiary/aromatic N) is 1. The van der Waals surface area contributed by atoms with Crippen LogP contribution in [0.3, 0.4) is 0 Å². The summed E-state index contributed by atoms with van der Waals surface area (Å²) >= 11 is 0. The first-order valence-electron chi connectivity index (χ1n) is 9.60. The summed E-state index contributed by atoms with van der Waals surface area (Å²) in [5.74, 6) is -0.210. The van der Waals surface area contributed by atoms with Crippen LogP contribution in [0, 0.1) is 0 Å². The van der Waals surface area contributed by atoms with Crippen molar-refractivity contribution in [1.82, 2.24) is 0 Å². The summed E-state index contributed by atoms with van der Waals surface area (Å²) in [6, 6.07) is 22.8. The first-order valence-corrected chi connectivity index (χ1v) is 11.0. The number of anilines is 1. The Morgan fingerprint density at radius 3 is 2.13 bits per heavy atom. The van der Waals surface area contributed by atoms with Gasteiger partial charge in [0.05, 0.1) is 16.3 Å². The van der Waals surface area contributed by atoms with Gasteiger partial charge in [0.2, 0.25) is 5.78 Å². The largest absolute Gasteiger partial charge is 0.352 e. The van der Waals surface area contributed by atoms with Gasteiger partial charge in [-0.05, 0) is 42.3 Å². The van der Waals surface area contributed by atoms with Gasteiger partial charge >= 0.3 is 0 Å². The molecular weight excluding hydrogens is 396 g/mol. The number of fused-ring (bicyclic) bond motifs is 1. The van der Waals surface area contributed by atoms with Crippen molar-refractivity contribution in [2.75, 3.05) is 5.32 Å². The van der Waals surface area contributed by atoms with Gasteiger partial charge in [0, 0.05) is 16.8 Å². The van der Waals surface area contributed by atoms with Crippen molar-refractivity contribution in [3.63, 3.8) is 0 Å². The molecule has 3 aromatic rings. The maximum absolute atomic E-state index is 12.9. The van der Waals surface area contributed by atoms with E-state index in [-0.39, 0.29) is 22.1 Å². The number of carbonyl (C=O) groups is 1. The van der Waals surface area contributed by atoms with Crippen LogP contribution in [0.5, 0.6) is 0 Å². The molecule has 5 nitrogen and oxygen atoms in total. The molecule has 30 heavy (non-hydrogen) atoms. The highest BCUT2D eigenvalue weighted by atomic mass is 32.2. The lowest BCUT2D eigenvalue weighted by Gasteiger charge is -2.18. The lowest BCUT2D eigenvalue weighted by atomic mass is 9.92. The molecule has 0 amide bonds. The zero-order chi connectivity index (χ0) is 21.1. The fourth-order valence-corrected chi connectivity index (χ4v) is 4.25. The number of allylic oxidation sites excluding steroid dienone is 2. The zero-order valence-corrected chi connectivity index (χ0v) is 17.2. The molecule has 0 radical (unpaired) electrons. The summed E-state index contributed by atoms with van der Waals surface area (Å²) in [4.78, 5) is 13.1. The Labute approximate surface area is 175 Å². The fourth-order valence-electron chi connectivity index (χ4n) is 3.25. The molecule has 0 atom stereocenters. The number of rotatable bonds is 5. The minimum atomic E-state index is -3.94. The summed E-state index contributed by atoms with van der Waals surface area (Å²) in [7, 11) is -3.94. The average molecular weight is 417 g/mol. The number of nitrogens with one attached hydrogen (secondary N) is 1. The highest BCUT2D eigenvalue weighted by molar-refractivity contribution is 7.90. The highest BCUT2D eigenvalue weighted by Crippen LogP contribution is 2.25. The van der Waals surface area contributed by atoms with E-state index in [0.29, 0.717) is 11.1 Å². The Hall–Kier alpha value is -3.51. The number of benzene rings is 3. The van der Waals surface area contributed by atoms with E-state index in [0.717, 1.165) is 17.7 Å². The summed E-state index contributed by atoms with van der Waals surface area (Å²) in [5, 5.41) is 3.08. The number of sulfonamides is 1. The van der Waals surface area contributed by atoms with Crippen molar-refractivity contribution in [2.45, 2.75) is 18.2 Å². The molecule has 1 aliphatic carbocycles. The Balaban J connectivity index is 1.79. The maximum atomic E-state index is 12.9. The van der Waals surface area contributed by atoms with Gasteiger partial charge in [-0.25, -0.2) is 0 Å². The van der Waals surface area contributed by atoms with E-state index in [9.17, 15) is 13.2 Å². The number of Topliss-reactive ketones (excluding diaryl/α,β-unsaturated/α-hetero) is 1. The summed E-state index contributed by atoms with van der Waals surface area (Å²) in [5.41, 5.74) is 3.18. The van der Waals surface area contributed by atoms with E-state index in [4.69, 9.17) is 0 Å². The zero-order valence-electron chi connectivity index (χ0n) is 16.4. The van der Waals surface area contributed by atoms with Gasteiger partial charge in [0.15, 0.2) is 0 Å². The molecule has 150 valence electrons. The van der Waals surface area contributed by atoms with Crippen molar-refractivity contribution < 1.29 is 13.2 Å². The third-order valence-corrected chi connectivity index (χ3v) is 6.18. The number of hydrogen-bond donors (Lipinski definition) is 1. The van der Waals surface area contributed by atoms with Crippen LogP contribution < -0.4 is 5.32 Å². The predicted octanol–water partition coefficient (Wildman–Crippen LogP) is 4.62. The van der Waals surface area contributed by atoms with Crippen molar-refractivity contribution in [1.29, 1.82) is 0 Å². The van der Waals surface area contributed by atoms with Crippen LogP contribution >= 0.6 is 0 Å². The van der Waals surface area contributed by atoms with Gasteiger partial charge < -0.3 is 5.32 Å². The van der Waals surface area contributed by atoms with Crippen LogP contribution in [0.1, 0.15) is 28.4 Å². The first kappa shape index (κ1) is 19.8. The van der Waals surface area contributed by atoms with E-state index in [1.165, 1.54) is 6.08 Å². The van der Waals surface area contributed by atoms with E-state index < -0.39 is 10.0 Å². The van der Waals surface area contributed by atoms with Crippen molar-refractivity contribution >= 4 is 27.2 Å². The van der Waals surface area contributed by atoms with E-state index in [1.807, 2.05) is 37.3 Å². The monoisotopic (exact) mass is 416 g/mol. The number of aryl methyl sites for hydroxylation is 1. The molecule has 1 aliphatic rings. The summed E-state index contributed by atoms with van der Waals surface area (Å²) in [6.45, 7) is 2.01. The molecule has 0 aliphatic heterocycles. The average Bonchev–Trinajstić information content (AvgIpc) is 2.77. The smallest absolute Gasteiger partial charge is 0.282 e. The van der Waals surface area contributed by atoms with Crippen molar-refractivity contribution in [3.8, 4) is 0 Å². The van der Waals surface area contributed by atoms with Gasteiger partial charge in [-0.2, -0.15) is 12.8 Å². The fraction of sp³-hybridized carbons (Fsp3) is 0.0833. The minimum absolute atomic E-state index is 0.118. The minimum Gasteiger partial charge on any atom is -0.352 e. The van der Waals surface area contributed by atoms with Crippen molar-refractivity contribution in [3.05, 3.63) is 107 Å². The van der Waals surface area contributed by atoms with E-state index >= 15 is 0 Å². The molecule has 0 unspecified atom stereocenters. The van der Waals surface area contributed by atoms with Gasteiger partial charge in [0.25, 0.3) is 10.0 Å². The third kappa shape index (κ3) is 3.95. The van der Waals surface area contributed by atoms with Crippen LogP contribution in [0.4, 0.5) is 5.69 Å². The molecule has 6 heteroatoms. The van der Waals surface area contributed by atoms with Gasteiger partial charge in [-0.3, -0.25) is 4.79 Å². The van der Waals surface area contributed by atoms with Crippen LogP contribution in [-0.2, 0) is 16.4 Å². The van der Waals surface area contributed by atoms with Crippen LogP contribution in [0.15, 0.2) is 99.9 Å². The summed E-state index contributed by atoms with van der Waals surface area (Å²) < 4.78 is 30.0. The normalized spacial score (nSPS) is 14.9. The van der Waals surface area contributed by atoms with Gasteiger partial charge in [0.1, 0.15) is 0 Å². The maximum Gasteiger partial charge on any atom is 0.282 e. The molecular formula is C24H20N2O3S. The standard InChI is InChI=1S/C24H20N2O3S/c1-2-17-12-14-19(15-13-17)30(28,29)26-22-16-23(25-18-8-4-3-5-9-18)24(27)21-11-7-6-10-20(21)22/h3-16,25H,2H2,1H3/b26-22+. The Morgan fingerprint density at radius 1 is 0.833 bits per heavy atom.